The lowest BCUT2D eigenvalue weighted by molar-refractivity contribution is -0.140. The quantitative estimate of drug-likeness (QED) is 0.404. The Labute approximate surface area is 235 Å². The number of methoxy groups -OCH3 is 1. The van der Waals surface area contributed by atoms with Gasteiger partial charge in [-0.1, -0.05) is 55.1 Å². The second-order valence-electron chi connectivity index (χ2n) is 9.63. The van der Waals surface area contributed by atoms with E-state index in [1.807, 2.05) is 13.8 Å². The molecule has 0 bridgehead atoms. The van der Waals surface area contributed by atoms with Crippen molar-refractivity contribution in [1.29, 1.82) is 0 Å². The van der Waals surface area contributed by atoms with Crippen LogP contribution in [0.4, 0.5) is 5.69 Å². The van der Waals surface area contributed by atoms with Gasteiger partial charge in [-0.2, -0.15) is 0 Å². The van der Waals surface area contributed by atoms with Crippen LogP contribution in [0.2, 0.25) is 10.0 Å². The van der Waals surface area contributed by atoms with Crippen molar-refractivity contribution in [1.82, 2.24) is 10.2 Å². The average molecular weight is 585 g/mol. The third kappa shape index (κ3) is 7.55. The number of sulfonamides is 1. The van der Waals surface area contributed by atoms with Crippen LogP contribution in [-0.4, -0.2) is 57.1 Å². The lowest BCUT2D eigenvalue weighted by Crippen LogP contribution is -2.53. The van der Waals surface area contributed by atoms with Crippen LogP contribution in [0.15, 0.2) is 36.4 Å². The summed E-state index contributed by atoms with van der Waals surface area (Å²) in [7, 11) is -2.45. The van der Waals surface area contributed by atoms with Gasteiger partial charge in [0.05, 0.1) is 29.1 Å². The fourth-order valence-corrected chi connectivity index (χ4v) is 5.88. The van der Waals surface area contributed by atoms with Crippen molar-refractivity contribution in [3.63, 3.8) is 0 Å². The SMILES string of the molecule is CC[C@@H](C(=O)NC1CCCC1)N(Cc1ccc(Cl)c(Cl)c1)C(=O)CN(c1cc(C)ccc1OC)S(C)(=O)=O. The number of nitrogens with one attached hydrogen (secondary N) is 1. The number of hydrogen-bond acceptors (Lipinski definition) is 5. The first-order valence-electron chi connectivity index (χ1n) is 12.6. The molecule has 2 amide bonds. The van der Waals surface area contributed by atoms with Crippen molar-refractivity contribution in [2.24, 2.45) is 0 Å². The number of benzene rings is 2. The maximum Gasteiger partial charge on any atom is 0.244 e. The van der Waals surface area contributed by atoms with Crippen molar-refractivity contribution in [3.8, 4) is 5.75 Å². The number of nitrogens with zero attached hydrogens (tertiary/aromatic N) is 2. The van der Waals surface area contributed by atoms with E-state index in [1.54, 1.807) is 36.4 Å². The molecule has 0 heterocycles. The summed E-state index contributed by atoms with van der Waals surface area (Å²) in [5.41, 5.74) is 1.72. The number of anilines is 1. The normalized spacial score (nSPS) is 14.7. The van der Waals surface area contributed by atoms with Crippen LogP contribution in [0.5, 0.6) is 5.75 Å². The smallest absolute Gasteiger partial charge is 0.244 e. The molecular weight excluding hydrogens is 549 g/mol. The number of halogens is 2. The first-order valence-corrected chi connectivity index (χ1v) is 15.2. The molecule has 0 spiro atoms. The van der Waals surface area contributed by atoms with Crippen LogP contribution in [0, 0.1) is 6.92 Å². The van der Waals surface area contributed by atoms with Crippen LogP contribution >= 0.6 is 23.2 Å². The van der Waals surface area contributed by atoms with Gasteiger partial charge < -0.3 is 15.0 Å². The molecule has 1 fully saturated rings. The highest BCUT2D eigenvalue weighted by atomic mass is 35.5. The summed E-state index contributed by atoms with van der Waals surface area (Å²) in [6.45, 7) is 3.19. The van der Waals surface area contributed by atoms with Crippen LogP contribution < -0.4 is 14.4 Å². The van der Waals surface area contributed by atoms with E-state index in [0.717, 1.165) is 41.8 Å². The Morgan fingerprint density at radius 1 is 1.11 bits per heavy atom. The molecule has 2 aromatic carbocycles. The first kappa shape index (κ1) is 30.1. The minimum Gasteiger partial charge on any atom is -0.495 e. The summed E-state index contributed by atoms with van der Waals surface area (Å²) < 4.78 is 32.2. The second-order valence-corrected chi connectivity index (χ2v) is 12.4. The molecule has 38 heavy (non-hydrogen) atoms. The van der Waals surface area contributed by atoms with E-state index in [0.29, 0.717) is 27.8 Å². The molecule has 0 aliphatic heterocycles. The van der Waals surface area contributed by atoms with Gasteiger partial charge in [0, 0.05) is 12.6 Å². The minimum atomic E-state index is -3.89. The van der Waals surface area contributed by atoms with Gasteiger partial charge in [0.25, 0.3) is 0 Å². The molecule has 3 rings (SSSR count). The zero-order valence-electron chi connectivity index (χ0n) is 22.2. The van der Waals surface area contributed by atoms with Gasteiger partial charge in [0.1, 0.15) is 18.3 Å². The Balaban J connectivity index is 1.99. The summed E-state index contributed by atoms with van der Waals surface area (Å²) in [6.07, 6.45) is 5.29. The van der Waals surface area contributed by atoms with Crippen molar-refractivity contribution in [2.75, 3.05) is 24.2 Å². The molecule has 1 aliphatic carbocycles. The molecule has 1 saturated carbocycles. The average Bonchev–Trinajstić information content (AvgIpc) is 3.36. The maximum absolute atomic E-state index is 13.9. The molecule has 11 heteroatoms. The van der Waals surface area contributed by atoms with Gasteiger partial charge in [0.2, 0.25) is 21.8 Å². The highest BCUT2D eigenvalue weighted by Gasteiger charge is 2.33. The molecule has 1 atom stereocenters. The number of carbonyl (C=O) groups is 2. The van der Waals surface area contributed by atoms with Crippen LogP contribution in [-0.2, 0) is 26.2 Å². The van der Waals surface area contributed by atoms with Crippen LogP contribution in [0.25, 0.3) is 0 Å². The van der Waals surface area contributed by atoms with Crippen molar-refractivity contribution in [3.05, 3.63) is 57.6 Å². The lowest BCUT2D eigenvalue weighted by Gasteiger charge is -2.33. The van der Waals surface area contributed by atoms with Crippen LogP contribution in [0.3, 0.4) is 0 Å². The summed E-state index contributed by atoms with van der Waals surface area (Å²) in [6, 6.07) is 9.37. The Morgan fingerprint density at radius 2 is 1.79 bits per heavy atom. The number of aryl methyl sites for hydroxylation is 1. The Morgan fingerprint density at radius 3 is 2.37 bits per heavy atom. The predicted molar refractivity (Wildman–Crippen MR) is 151 cm³/mol. The van der Waals surface area contributed by atoms with Gasteiger partial charge in [-0.15, -0.1) is 0 Å². The standard InChI is InChI=1S/C27H35Cl2N3O5S/c1-5-23(27(34)30-20-8-6-7-9-20)31(16-19-11-12-21(28)22(29)15-19)26(33)17-32(38(4,35)36)24-14-18(2)10-13-25(24)37-3/h10-15,20,23H,5-9,16-17H2,1-4H3,(H,30,34)/t23-/m0/s1. The third-order valence-electron chi connectivity index (χ3n) is 6.71. The Kier molecular flexibility index (Phi) is 10.3. The predicted octanol–water partition coefficient (Wildman–Crippen LogP) is 4.94. The highest BCUT2D eigenvalue weighted by Crippen LogP contribution is 2.31. The molecular formula is C27H35Cl2N3O5S. The van der Waals surface area contributed by atoms with E-state index in [4.69, 9.17) is 27.9 Å². The third-order valence-corrected chi connectivity index (χ3v) is 8.57. The second kappa shape index (κ2) is 13.0. The van der Waals surface area contributed by atoms with Crippen LogP contribution in [0.1, 0.15) is 50.2 Å². The number of hydrogen-bond donors (Lipinski definition) is 1. The van der Waals surface area contributed by atoms with E-state index in [9.17, 15) is 18.0 Å². The summed E-state index contributed by atoms with van der Waals surface area (Å²) >= 11 is 12.3. The monoisotopic (exact) mass is 583 g/mol. The summed E-state index contributed by atoms with van der Waals surface area (Å²) in [4.78, 5) is 28.7. The van der Waals surface area contributed by atoms with Crippen molar-refractivity contribution in [2.45, 2.75) is 64.6 Å². The molecule has 0 aromatic heterocycles. The highest BCUT2D eigenvalue weighted by molar-refractivity contribution is 7.92. The van der Waals surface area contributed by atoms with Crippen molar-refractivity contribution >= 4 is 50.7 Å². The van der Waals surface area contributed by atoms with E-state index in [2.05, 4.69) is 5.32 Å². The molecule has 0 saturated heterocycles. The fraction of sp³-hybridized carbons (Fsp3) is 0.481. The van der Waals surface area contributed by atoms with Gasteiger partial charge in [-0.3, -0.25) is 13.9 Å². The Hall–Kier alpha value is -2.49. The number of carbonyl (C=O) groups excluding carboxylic acids is 2. The molecule has 1 N–H and O–H groups in total. The lowest BCUT2D eigenvalue weighted by atomic mass is 10.1. The summed E-state index contributed by atoms with van der Waals surface area (Å²) in [5.74, 6) is -0.471. The van der Waals surface area contributed by atoms with Gasteiger partial charge in [0.15, 0.2) is 0 Å². The van der Waals surface area contributed by atoms with Gasteiger partial charge >= 0.3 is 0 Å². The van der Waals surface area contributed by atoms with Gasteiger partial charge in [-0.25, -0.2) is 8.42 Å². The van der Waals surface area contributed by atoms with E-state index in [-0.39, 0.29) is 24.2 Å². The summed E-state index contributed by atoms with van der Waals surface area (Å²) in [5, 5.41) is 3.77. The number of amides is 2. The largest absolute Gasteiger partial charge is 0.495 e. The zero-order chi connectivity index (χ0) is 28.0. The molecule has 0 radical (unpaired) electrons. The van der Waals surface area contributed by atoms with E-state index < -0.39 is 28.5 Å². The molecule has 208 valence electrons. The zero-order valence-corrected chi connectivity index (χ0v) is 24.5. The Bertz CT molecular complexity index is 1270. The minimum absolute atomic E-state index is 0.0505. The van der Waals surface area contributed by atoms with Gasteiger partial charge in [-0.05, 0) is 61.6 Å². The molecule has 0 unspecified atom stereocenters. The van der Waals surface area contributed by atoms with E-state index in [1.165, 1.54) is 12.0 Å². The number of rotatable bonds is 11. The van der Waals surface area contributed by atoms with E-state index >= 15 is 0 Å². The maximum atomic E-state index is 13.9. The molecule has 1 aliphatic rings. The van der Waals surface area contributed by atoms with Crippen molar-refractivity contribution < 1.29 is 22.7 Å². The number of ether oxygens (including phenoxy) is 1. The molecule has 2 aromatic rings. The topological polar surface area (TPSA) is 96.0 Å². The molecule has 8 nitrogen and oxygen atoms in total. The fourth-order valence-electron chi connectivity index (χ4n) is 4.71. The first-order chi connectivity index (χ1) is 17.9.